The van der Waals surface area contributed by atoms with Gasteiger partial charge in [0.05, 0.1) is 12.0 Å². The maximum absolute atomic E-state index is 10.7. The van der Waals surface area contributed by atoms with Crippen molar-refractivity contribution in [3.05, 3.63) is 63.7 Å². The highest BCUT2D eigenvalue weighted by atomic mass is 16.6. The third-order valence-electron chi connectivity index (χ3n) is 4.63. The Morgan fingerprint density at radius 2 is 1.93 bits per heavy atom. The van der Waals surface area contributed by atoms with Gasteiger partial charge in [-0.1, -0.05) is 6.07 Å². The van der Waals surface area contributed by atoms with Gasteiger partial charge in [-0.3, -0.25) is 15.0 Å². The first kappa shape index (κ1) is 19.1. The largest absolute Gasteiger partial charge is 0.493 e. The summed E-state index contributed by atoms with van der Waals surface area (Å²) in [5.74, 6) is 1.35. The molecule has 2 aromatic rings. The SMILES string of the molecule is COc1cc(CN2CCNC(C)C2)ccc1OCc1ccc([N+](=O)[O-])cc1. The fourth-order valence-corrected chi connectivity index (χ4v) is 3.22. The smallest absolute Gasteiger partial charge is 0.269 e. The summed E-state index contributed by atoms with van der Waals surface area (Å²) >= 11 is 0. The number of ether oxygens (including phenoxy) is 2. The quantitative estimate of drug-likeness (QED) is 0.596. The van der Waals surface area contributed by atoms with E-state index < -0.39 is 4.92 Å². The highest BCUT2D eigenvalue weighted by Gasteiger charge is 2.16. The molecule has 1 heterocycles. The second kappa shape index (κ2) is 8.83. The Labute approximate surface area is 159 Å². The van der Waals surface area contributed by atoms with Gasteiger partial charge in [0, 0.05) is 44.4 Å². The van der Waals surface area contributed by atoms with Crippen LogP contribution in [-0.4, -0.2) is 42.6 Å². The van der Waals surface area contributed by atoms with Crippen LogP contribution in [0.25, 0.3) is 0 Å². The molecule has 0 radical (unpaired) electrons. The summed E-state index contributed by atoms with van der Waals surface area (Å²) in [5.41, 5.74) is 2.12. The van der Waals surface area contributed by atoms with Gasteiger partial charge in [-0.05, 0) is 42.3 Å². The van der Waals surface area contributed by atoms with Gasteiger partial charge in [0.15, 0.2) is 11.5 Å². The Balaban J connectivity index is 1.62. The van der Waals surface area contributed by atoms with Crippen molar-refractivity contribution in [2.75, 3.05) is 26.7 Å². The Bertz CT molecular complexity index is 779. The predicted molar refractivity (Wildman–Crippen MR) is 103 cm³/mol. The van der Waals surface area contributed by atoms with E-state index in [0.717, 1.165) is 31.7 Å². The maximum atomic E-state index is 10.7. The van der Waals surface area contributed by atoms with Gasteiger partial charge < -0.3 is 14.8 Å². The summed E-state index contributed by atoms with van der Waals surface area (Å²) in [6, 6.07) is 12.9. The Hall–Kier alpha value is -2.64. The van der Waals surface area contributed by atoms with Gasteiger partial charge in [-0.2, -0.15) is 0 Å². The number of nitro groups is 1. The predicted octanol–water partition coefficient (Wildman–Crippen LogP) is 2.98. The number of nitrogens with one attached hydrogen (secondary N) is 1. The zero-order valence-electron chi connectivity index (χ0n) is 15.7. The van der Waals surface area contributed by atoms with E-state index in [1.165, 1.54) is 17.7 Å². The summed E-state index contributed by atoms with van der Waals surface area (Å²) in [6.07, 6.45) is 0. The van der Waals surface area contributed by atoms with Gasteiger partial charge in [0.1, 0.15) is 6.61 Å². The van der Waals surface area contributed by atoms with Crippen LogP contribution in [0.15, 0.2) is 42.5 Å². The van der Waals surface area contributed by atoms with Crippen molar-refractivity contribution in [3.8, 4) is 11.5 Å². The zero-order valence-corrected chi connectivity index (χ0v) is 15.7. The van der Waals surface area contributed by atoms with Crippen LogP contribution in [0.3, 0.4) is 0 Å². The number of rotatable bonds is 7. The molecule has 7 heteroatoms. The van der Waals surface area contributed by atoms with E-state index in [1.54, 1.807) is 19.2 Å². The molecule has 1 saturated heterocycles. The van der Waals surface area contributed by atoms with Gasteiger partial charge in [0.2, 0.25) is 0 Å². The van der Waals surface area contributed by atoms with E-state index in [-0.39, 0.29) is 5.69 Å². The molecule has 1 N–H and O–H groups in total. The van der Waals surface area contributed by atoms with Crippen molar-refractivity contribution >= 4 is 5.69 Å². The van der Waals surface area contributed by atoms with Gasteiger partial charge >= 0.3 is 0 Å². The van der Waals surface area contributed by atoms with Gasteiger partial charge in [-0.15, -0.1) is 0 Å². The monoisotopic (exact) mass is 371 g/mol. The maximum Gasteiger partial charge on any atom is 0.269 e. The van der Waals surface area contributed by atoms with E-state index in [4.69, 9.17) is 9.47 Å². The Kier molecular flexibility index (Phi) is 6.26. The Morgan fingerprint density at radius 1 is 1.19 bits per heavy atom. The minimum absolute atomic E-state index is 0.0721. The van der Waals surface area contributed by atoms with Crippen LogP contribution in [-0.2, 0) is 13.2 Å². The molecule has 0 saturated carbocycles. The van der Waals surface area contributed by atoms with Crippen LogP contribution in [0.5, 0.6) is 11.5 Å². The van der Waals surface area contributed by atoms with Gasteiger partial charge in [-0.25, -0.2) is 0 Å². The van der Waals surface area contributed by atoms with Crippen LogP contribution >= 0.6 is 0 Å². The van der Waals surface area contributed by atoms with E-state index in [1.807, 2.05) is 12.1 Å². The molecule has 1 atom stereocenters. The Morgan fingerprint density at radius 3 is 2.59 bits per heavy atom. The van der Waals surface area contributed by atoms with E-state index >= 15 is 0 Å². The zero-order chi connectivity index (χ0) is 19.2. The van der Waals surface area contributed by atoms with Gasteiger partial charge in [0.25, 0.3) is 5.69 Å². The highest BCUT2D eigenvalue weighted by molar-refractivity contribution is 5.43. The molecule has 1 fully saturated rings. The van der Waals surface area contributed by atoms with E-state index in [0.29, 0.717) is 24.1 Å². The third kappa shape index (κ3) is 5.18. The molecule has 0 bridgehead atoms. The number of hydrogen-bond donors (Lipinski definition) is 1. The topological polar surface area (TPSA) is 76.9 Å². The van der Waals surface area contributed by atoms with Crippen molar-refractivity contribution in [1.29, 1.82) is 0 Å². The molecule has 1 aliphatic rings. The molecule has 0 amide bonds. The minimum Gasteiger partial charge on any atom is -0.493 e. The summed E-state index contributed by atoms with van der Waals surface area (Å²) < 4.78 is 11.3. The first-order valence-electron chi connectivity index (χ1n) is 9.04. The molecular weight excluding hydrogens is 346 g/mol. The summed E-state index contributed by atoms with van der Waals surface area (Å²) in [6.45, 7) is 6.47. The van der Waals surface area contributed by atoms with Crippen LogP contribution < -0.4 is 14.8 Å². The number of nitrogens with zero attached hydrogens (tertiary/aromatic N) is 2. The summed E-state index contributed by atoms with van der Waals surface area (Å²) in [7, 11) is 1.63. The lowest BCUT2D eigenvalue weighted by atomic mass is 10.1. The second-order valence-corrected chi connectivity index (χ2v) is 6.79. The molecule has 144 valence electrons. The lowest BCUT2D eigenvalue weighted by Gasteiger charge is -2.31. The molecule has 3 rings (SSSR count). The fourth-order valence-electron chi connectivity index (χ4n) is 3.22. The number of methoxy groups -OCH3 is 1. The van der Waals surface area contributed by atoms with E-state index in [2.05, 4.69) is 23.2 Å². The van der Waals surface area contributed by atoms with Crippen molar-refractivity contribution in [3.63, 3.8) is 0 Å². The van der Waals surface area contributed by atoms with Crippen molar-refractivity contribution < 1.29 is 14.4 Å². The second-order valence-electron chi connectivity index (χ2n) is 6.79. The molecule has 7 nitrogen and oxygen atoms in total. The fraction of sp³-hybridized carbons (Fsp3) is 0.400. The summed E-state index contributed by atoms with van der Waals surface area (Å²) in [5, 5.41) is 14.2. The normalized spacial score (nSPS) is 17.5. The molecule has 0 aliphatic carbocycles. The van der Waals surface area contributed by atoms with Crippen LogP contribution in [0.4, 0.5) is 5.69 Å². The first-order chi connectivity index (χ1) is 13.0. The minimum atomic E-state index is -0.411. The van der Waals surface area contributed by atoms with Crippen LogP contribution in [0.1, 0.15) is 18.1 Å². The molecule has 1 aliphatic heterocycles. The molecule has 2 aromatic carbocycles. The number of non-ortho nitro benzene ring substituents is 1. The number of benzene rings is 2. The molecule has 0 aromatic heterocycles. The van der Waals surface area contributed by atoms with E-state index in [9.17, 15) is 10.1 Å². The molecule has 0 spiro atoms. The highest BCUT2D eigenvalue weighted by Crippen LogP contribution is 2.29. The lowest BCUT2D eigenvalue weighted by molar-refractivity contribution is -0.384. The average Bonchev–Trinajstić information content (AvgIpc) is 2.67. The van der Waals surface area contributed by atoms with Crippen molar-refractivity contribution in [1.82, 2.24) is 10.2 Å². The number of nitro benzene ring substituents is 1. The number of hydrogen-bond acceptors (Lipinski definition) is 6. The number of piperazine rings is 1. The van der Waals surface area contributed by atoms with Crippen LogP contribution in [0.2, 0.25) is 0 Å². The first-order valence-corrected chi connectivity index (χ1v) is 9.04. The molecule has 1 unspecified atom stereocenters. The lowest BCUT2D eigenvalue weighted by Crippen LogP contribution is -2.48. The average molecular weight is 371 g/mol. The van der Waals surface area contributed by atoms with Crippen molar-refractivity contribution in [2.24, 2.45) is 0 Å². The standard InChI is InChI=1S/C20H25N3O4/c1-15-12-22(10-9-21-15)13-17-5-8-19(20(11-17)26-2)27-14-16-3-6-18(7-4-16)23(24)25/h3-8,11,15,21H,9-10,12-14H2,1-2H3. The van der Waals surface area contributed by atoms with Crippen LogP contribution in [0, 0.1) is 10.1 Å². The third-order valence-corrected chi connectivity index (χ3v) is 4.63. The summed E-state index contributed by atoms with van der Waals surface area (Å²) in [4.78, 5) is 12.7. The van der Waals surface area contributed by atoms with Crippen molar-refractivity contribution in [2.45, 2.75) is 26.1 Å². The molecule has 27 heavy (non-hydrogen) atoms. The molecular formula is C20H25N3O4.